The van der Waals surface area contributed by atoms with Gasteiger partial charge in [0, 0.05) is 11.6 Å². The van der Waals surface area contributed by atoms with Gasteiger partial charge in [-0.3, -0.25) is 9.59 Å². The van der Waals surface area contributed by atoms with E-state index in [1.807, 2.05) is 6.92 Å². The van der Waals surface area contributed by atoms with Crippen LogP contribution in [-0.2, 0) is 14.3 Å². The van der Waals surface area contributed by atoms with E-state index in [0.29, 0.717) is 23.7 Å². The summed E-state index contributed by atoms with van der Waals surface area (Å²) in [6.07, 6.45) is 2.93. The molecule has 0 aliphatic carbocycles. The number of carbonyl (C=O) groups excluding carboxylic acids is 3. The second kappa shape index (κ2) is 11.4. The molecule has 1 N–H and O–H groups in total. The molecule has 0 radical (unpaired) electrons. The summed E-state index contributed by atoms with van der Waals surface area (Å²) in [5.74, 6) is -0.115. The number of carbonyl (C=O) groups is 3. The number of ether oxygens (including phenoxy) is 3. The van der Waals surface area contributed by atoms with Gasteiger partial charge in [-0.05, 0) is 61.9 Å². The standard InChI is InChI=1S/C23H25NO6/c1-4-29-20-12-8-18(9-13-20)21(25)15-30-23(27)16(2)24-22(26)14-7-17-5-10-19(28-3)11-6-17/h5-14,16H,4,15H2,1-3H3,(H,24,26)/b14-7+/t16-/m0/s1. The van der Waals surface area contributed by atoms with Gasteiger partial charge in [-0.1, -0.05) is 12.1 Å². The summed E-state index contributed by atoms with van der Waals surface area (Å²) in [4.78, 5) is 36.2. The second-order valence-corrected chi connectivity index (χ2v) is 6.33. The highest BCUT2D eigenvalue weighted by Gasteiger charge is 2.18. The summed E-state index contributed by atoms with van der Waals surface area (Å²) < 4.78 is 15.4. The number of hydrogen-bond donors (Lipinski definition) is 1. The zero-order valence-corrected chi connectivity index (χ0v) is 17.2. The minimum atomic E-state index is -0.897. The Labute approximate surface area is 175 Å². The number of rotatable bonds is 10. The zero-order chi connectivity index (χ0) is 21.9. The van der Waals surface area contributed by atoms with E-state index < -0.39 is 24.5 Å². The molecule has 30 heavy (non-hydrogen) atoms. The fourth-order valence-corrected chi connectivity index (χ4v) is 2.46. The normalized spacial score (nSPS) is 11.6. The number of esters is 1. The number of nitrogens with one attached hydrogen (secondary N) is 1. The van der Waals surface area contributed by atoms with Crippen molar-refractivity contribution in [2.75, 3.05) is 20.3 Å². The molecule has 0 saturated carbocycles. The maximum Gasteiger partial charge on any atom is 0.328 e. The zero-order valence-electron chi connectivity index (χ0n) is 17.2. The summed E-state index contributed by atoms with van der Waals surface area (Å²) in [7, 11) is 1.57. The Morgan fingerprint density at radius 3 is 2.23 bits per heavy atom. The highest BCUT2D eigenvalue weighted by molar-refractivity contribution is 5.99. The summed E-state index contributed by atoms with van der Waals surface area (Å²) in [5, 5.41) is 2.50. The van der Waals surface area contributed by atoms with Crippen LogP contribution in [0.25, 0.3) is 6.08 Å². The molecular weight excluding hydrogens is 386 g/mol. The smallest absolute Gasteiger partial charge is 0.328 e. The number of methoxy groups -OCH3 is 1. The van der Waals surface area contributed by atoms with Crippen molar-refractivity contribution in [3.05, 3.63) is 65.7 Å². The molecule has 7 heteroatoms. The maximum atomic E-state index is 12.1. The molecule has 2 aromatic rings. The van der Waals surface area contributed by atoms with E-state index in [1.54, 1.807) is 61.7 Å². The Balaban J connectivity index is 1.79. The van der Waals surface area contributed by atoms with Gasteiger partial charge in [-0.25, -0.2) is 4.79 Å². The van der Waals surface area contributed by atoms with Crippen LogP contribution >= 0.6 is 0 Å². The van der Waals surface area contributed by atoms with Gasteiger partial charge < -0.3 is 19.5 Å². The lowest BCUT2D eigenvalue weighted by molar-refractivity contribution is -0.145. The second-order valence-electron chi connectivity index (χ2n) is 6.33. The average molecular weight is 411 g/mol. The first-order valence-electron chi connectivity index (χ1n) is 9.48. The van der Waals surface area contributed by atoms with Crippen LogP contribution in [0.2, 0.25) is 0 Å². The van der Waals surface area contributed by atoms with E-state index in [4.69, 9.17) is 14.2 Å². The first-order chi connectivity index (χ1) is 14.4. The third kappa shape index (κ3) is 7.09. The Bertz CT molecular complexity index is 887. The van der Waals surface area contributed by atoms with Gasteiger partial charge >= 0.3 is 5.97 Å². The van der Waals surface area contributed by atoms with Crippen LogP contribution in [0.4, 0.5) is 0 Å². The molecule has 0 spiro atoms. The predicted molar refractivity (Wildman–Crippen MR) is 113 cm³/mol. The fraction of sp³-hybridized carbons (Fsp3) is 0.261. The molecule has 7 nitrogen and oxygen atoms in total. The van der Waals surface area contributed by atoms with Crippen molar-refractivity contribution in [2.24, 2.45) is 0 Å². The minimum absolute atomic E-state index is 0.343. The lowest BCUT2D eigenvalue weighted by atomic mass is 10.1. The molecule has 0 aromatic heterocycles. The van der Waals surface area contributed by atoms with E-state index in [1.165, 1.54) is 13.0 Å². The molecule has 0 fully saturated rings. The lowest BCUT2D eigenvalue weighted by Crippen LogP contribution is -2.39. The van der Waals surface area contributed by atoms with Crippen molar-refractivity contribution >= 4 is 23.7 Å². The molecule has 1 atom stereocenters. The van der Waals surface area contributed by atoms with E-state index in [0.717, 1.165) is 5.56 Å². The summed E-state index contributed by atoms with van der Waals surface area (Å²) in [6.45, 7) is 3.48. The van der Waals surface area contributed by atoms with E-state index in [9.17, 15) is 14.4 Å². The van der Waals surface area contributed by atoms with Crippen molar-refractivity contribution in [1.82, 2.24) is 5.32 Å². The molecule has 2 aromatic carbocycles. The van der Waals surface area contributed by atoms with Crippen LogP contribution in [0.15, 0.2) is 54.6 Å². The fourth-order valence-electron chi connectivity index (χ4n) is 2.46. The van der Waals surface area contributed by atoms with Crippen LogP contribution in [0, 0.1) is 0 Å². The topological polar surface area (TPSA) is 90.9 Å². The molecule has 0 bridgehead atoms. The van der Waals surface area contributed by atoms with Gasteiger partial charge in [0.1, 0.15) is 17.5 Å². The first-order valence-corrected chi connectivity index (χ1v) is 9.48. The van der Waals surface area contributed by atoms with Crippen molar-refractivity contribution in [3.8, 4) is 11.5 Å². The van der Waals surface area contributed by atoms with Crippen LogP contribution in [0.1, 0.15) is 29.8 Å². The van der Waals surface area contributed by atoms with E-state index in [-0.39, 0.29) is 5.78 Å². The molecule has 0 saturated heterocycles. The third-order valence-electron chi connectivity index (χ3n) is 4.09. The molecule has 2 rings (SSSR count). The molecule has 0 aliphatic rings. The van der Waals surface area contributed by atoms with Crippen LogP contribution in [0.3, 0.4) is 0 Å². The van der Waals surface area contributed by atoms with E-state index in [2.05, 4.69) is 5.32 Å². The largest absolute Gasteiger partial charge is 0.497 e. The van der Waals surface area contributed by atoms with Gasteiger partial charge in [0.05, 0.1) is 13.7 Å². The first kappa shape index (κ1) is 22.7. The summed E-state index contributed by atoms with van der Waals surface area (Å²) in [5.41, 5.74) is 1.22. The molecule has 0 heterocycles. The summed E-state index contributed by atoms with van der Waals surface area (Å²) in [6, 6.07) is 12.8. The predicted octanol–water partition coefficient (Wildman–Crippen LogP) is 3.04. The van der Waals surface area contributed by atoms with Crippen molar-refractivity contribution < 1.29 is 28.6 Å². The monoisotopic (exact) mass is 411 g/mol. The van der Waals surface area contributed by atoms with Gasteiger partial charge in [0.2, 0.25) is 5.91 Å². The summed E-state index contributed by atoms with van der Waals surface area (Å²) >= 11 is 0. The van der Waals surface area contributed by atoms with Gasteiger partial charge in [0.15, 0.2) is 12.4 Å². The Morgan fingerprint density at radius 2 is 1.63 bits per heavy atom. The molecule has 1 amide bonds. The number of ketones is 1. The molecule has 0 unspecified atom stereocenters. The highest BCUT2D eigenvalue weighted by atomic mass is 16.5. The van der Waals surface area contributed by atoms with Crippen LogP contribution in [0.5, 0.6) is 11.5 Å². The molecule has 158 valence electrons. The van der Waals surface area contributed by atoms with Crippen molar-refractivity contribution in [2.45, 2.75) is 19.9 Å². The SMILES string of the molecule is CCOc1ccc(C(=O)COC(=O)[C@H](C)NC(=O)/C=C/c2ccc(OC)cc2)cc1. The van der Waals surface area contributed by atoms with Crippen molar-refractivity contribution in [1.29, 1.82) is 0 Å². The Morgan fingerprint density at radius 1 is 1.00 bits per heavy atom. The Hall–Kier alpha value is -3.61. The van der Waals surface area contributed by atoms with E-state index >= 15 is 0 Å². The minimum Gasteiger partial charge on any atom is -0.497 e. The number of hydrogen-bond acceptors (Lipinski definition) is 6. The van der Waals surface area contributed by atoms with Gasteiger partial charge in [-0.15, -0.1) is 0 Å². The molecule has 0 aliphatic heterocycles. The highest BCUT2D eigenvalue weighted by Crippen LogP contribution is 2.13. The van der Waals surface area contributed by atoms with Gasteiger partial charge in [-0.2, -0.15) is 0 Å². The van der Waals surface area contributed by atoms with Crippen LogP contribution < -0.4 is 14.8 Å². The quantitative estimate of drug-likeness (QED) is 0.367. The number of benzene rings is 2. The van der Waals surface area contributed by atoms with Crippen LogP contribution in [-0.4, -0.2) is 44.0 Å². The molecular formula is C23H25NO6. The maximum absolute atomic E-state index is 12.1. The number of amides is 1. The van der Waals surface area contributed by atoms with Crippen molar-refractivity contribution in [3.63, 3.8) is 0 Å². The average Bonchev–Trinajstić information content (AvgIpc) is 2.76. The lowest BCUT2D eigenvalue weighted by Gasteiger charge is -2.12. The number of Topliss-reactive ketones (excluding diaryl/α,β-unsaturated/α-hetero) is 1. The van der Waals surface area contributed by atoms with Gasteiger partial charge in [0.25, 0.3) is 0 Å². The Kier molecular flexibility index (Phi) is 8.62. The third-order valence-corrected chi connectivity index (χ3v) is 4.09.